The molecule has 1 amide bonds. The smallest absolute Gasteiger partial charge is 0.257 e. The Morgan fingerprint density at radius 2 is 2.00 bits per heavy atom. The van der Waals surface area contributed by atoms with Gasteiger partial charge in [0.2, 0.25) is 0 Å². The Kier molecular flexibility index (Phi) is 5.49. The molecule has 2 aliphatic heterocycles. The van der Waals surface area contributed by atoms with Crippen molar-refractivity contribution in [3.63, 3.8) is 0 Å². The fraction of sp³-hybridized carbons (Fsp3) is 0.632. The second-order valence-corrected chi connectivity index (χ2v) is 6.88. The van der Waals surface area contributed by atoms with Gasteiger partial charge in [-0.2, -0.15) is 0 Å². The predicted molar refractivity (Wildman–Crippen MR) is 93.3 cm³/mol. The van der Waals surface area contributed by atoms with Crippen molar-refractivity contribution >= 4 is 5.91 Å². The van der Waals surface area contributed by atoms with E-state index in [-0.39, 0.29) is 11.3 Å². The second-order valence-electron chi connectivity index (χ2n) is 6.88. The molecule has 0 bridgehead atoms. The van der Waals surface area contributed by atoms with Crippen molar-refractivity contribution < 1.29 is 23.7 Å². The van der Waals surface area contributed by atoms with Gasteiger partial charge in [-0.1, -0.05) is 0 Å². The zero-order valence-corrected chi connectivity index (χ0v) is 15.2. The first kappa shape index (κ1) is 18.0. The lowest BCUT2D eigenvalue weighted by Crippen LogP contribution is -2.39. The van der Waals surface area contributed by atoms with Gasteiger partial charge < -0.3 is 23.8 Å². The average Bonchev–Trinajstić information content (AvgIpc) is 2.99. The molecule has 2 aliphatic rings. The standard InChI is InChI=1S/C19H27NO5/c1-22-12-14-11-20(13-19(14)6-8-25-9-7-19)18(21)16-5-4-15(23-2)10-17(16)24-3/h4-5,10,14H,6-9,11-13H2,1-3H3. The Labute approximate surface area is 149 Å². The number of rotatable bonds is 5. The summed E-state index contributed by atoms with van der Waals surface area (Å²) in [6.45, 7) is 3.64. The van der Waals surface area contributed by atoms with Crippen molar-refractivity contribution in [2.24, 2.45) is 11.3 Å². The van der Waals surface area contributed by atoms with Crippen molar-refractivity contribution in [2.45, 2.75) is 12.8 Å². The molecule has 0 saturated carbocycles. The van der Waals surface area contributed by atoms with E-state index in [1.54, 1.807) is 39.5 Å². The Balaban J connectivity index is 1.83. The highest BCUT2D eigenvalue weighted by molar-refractivity contribution is 5.97. The van der Waals surface area contributed by atoms with Crippen LogP contribution in [0.2, 0.25) is 0 Å². The summed E-state index contributed by atoms with van der Waals surface area (Å²) in [7, 11) is 4.90. The molecule has 25 heavy (non-hydrogen) atoms. The molecule has 2 saturated heterocycles. The molecule has 0 aliphatic carbocycles. The van der Waals surface area contributed by atoms with Gasteiger partial charge in [0, 0.05) is 45.4 Å². The first-order chi connectivity index (χ1) is 12.1. The number of hydrogen-bond donors (Lipinski definition) is 0. The Bertz CT molecular complexity index is 612. The molecule has 2 heterocycles. The molecular weight excluding hydrogens is 322 g/mol. The van der Waals surface area contributed by atoms with E-state index >= 15 is 0 Å². The summed E-state index contributed by atoms with van der Waals surface area (Å²) in [5.74, 6) is 1.56. The minimum atomic E-state index is 0.00368. The van der Waals surface area contributed by atoms with E-state index in [0.717, 1.165) is 32.6 Å². The van der Waals surface area contributed by atoms with E-state index in [1.807, 2.05) is 4.90 Å². The van der Waals surface area contributed by atoms with Crippen molar-refractivity contribution in [2.75, 3.05) is 54.2 Å². The van der Waals surface area contributed by atoms with Crippen LogP contribution in [0.4, 0.5) is 0 Å². The van der Waals surface area contributed by atoms with Gasteiger partial charge in [0.15, 0.2) is 0 Å². The molecule has 1 aromatic carbocycles. The maximum atomic E-state index is 13.1. The van der Waals surface area contributed by atoms with E-state index in [0.29, 0.717) is 36.1 Å². The maximum absolute atomic E-state index is 13.1. The van der Waals surface area contributed by atoms with Gasteiger partial charge >= 0.3 is 0 Å². The van der Waals surface area contributed by atoms with Crippen LogP contribution < -0.4 is 9.47 Å². The highest BCUT2D eigenvalue weighted by Gasteiger charge is 2.48. The molecule has 1 atom stereocenters. The van der Waals surface area contributed by atoms with Crippen LogP contribution in [0, 0.1) is 11.3 Å². The number of carbonyl (C=O) groups is 1. The lowest BCUT2D eigenvalue weighted by atomic mass is 9.72. The lowest BCUT2D eigenvalue weighted by molar-refractivity contribution is -0.0169. The van der Waals surface area contributed by atoms with Gasteiger partial charge in [-0.05, 0) is 30.4 Å². The predicted octanol–water partition coefficient (Wildman–Crippen LogP) is 2.22. The molecule has 138 valence electrons. The molecule has 0 aromatic heterocycles. The molecule has 2 fully saturated rings. The molecule has 1 unspecified atom stereocenters. The third kappa shape index (κ3) is 3.46. The van der Waals surface area contributed by atoms with Crippen molar-refractivity contribution in [3.05, 3.63) is 23.8 Å². The molecule has 1 spiro atoms. The van der Waals surface area contributed by atoms with Crippen LogP contribution in [-0.2, 0) is 9.47 Å². The largest absolute Gasteiger partial charge is 0.497 e. The van der Waals surface area contributed by atoms with Crippen LogP contribution in [0.3, 0.4) is 0 Å². The van der Waals surface area contributed by atoms with Crippen molar-refractivity contribution in [1.29, 1.82) is 0 Å². The minimum Gasteiger partial charge on any atom is -0.497 e. The number of nitrogens with zero attached hydrogens (tertiary/aromatic N) is 1. The summed E-state index contributed by atoms with van der Waals surface area (Å²) >= 11 is 0. The summed E-state index contributed by atoms with van der Waals surface area (Å²) in [6.07, 6.45) is 1.95. The number of methoxy groups -OCH3 is 3. The zero-order valence-electron chi connectivity index (χ0n) is 15.2. The Morgan fingerprint density at radius 3 is 2.64 bits per heavy atom. The number of hydrogen-bond acceptors (Lipinski definition) is 5. The number of likely N-dealkylation sites (tertiary alicyclic amines) is 1. The van der Waals surface area contributed by atoms with E-state index in [4.69, 9.17) is 18.9 Å². The van der Waals surface area contributed by atoms with Gasteiger partial charge in [-0.25, -0.2) is 0 Å². The van der Waals surface area contributed by atoms with Crippen LogP contribution in [0.25, 0.3) is 0 Å². The van der Waals surface area contributed by atoms with E-state index in [2.05, 4.69) is 0 Å². The molecule has 3 rings (SSSR count). The number of benzene rings is 1. The third-order valence-corrected chi connectivity index (χ3v) is 5.60. The second kappa shape index (κ2) is 7.62. The topological polar surface area (TPSA) is 57.2 Å². The van der Waals surface area contributed by atoms with Crippen LogP contribution in [0.1, 0.15) is 23.2 Å². The Hall–Kier alpha value is -1.79. The van der Waals surface area contributed by atoms with Crippen molar-refractivity contribution in [1.82, 2.24) is 4.90 Å². The average molecular weight is 349 g/mol. The summed E-state index contributed by atoms with van der Waals surface area (Å²) in [6, 6.07) is 5.32. The summed E-state index contributed by atoms with van der Waals surface area (Å²) in [5, 5.41) is 0. The SMILES string of the molecule is COCC1CN(C(=O)c2ccc(OC)cc2OC)CC12CCOCC2. The number of carbonyl (C=O) groups excluding carboxylic acids is 1. The number of ether oxygens (including phenoxy) is 4. The van der Waals surface area contributed by atoms with E-state index < -0.39 is 0 Å². The van der Waals surface area contributed by atoms with Gasteiger partial charge in [0.1, 0.15) is 11.5 Å². The molecule has 0 N–H and O–H groups in total. The molecule has 1 aromatic rings. The lowest BCUT2D eigenvalue weighted by Gasteiger charge is -2.37. The van der Waals surface area contributed by atoms with Crippen molar-refractivity contribution in [3.8, 4) is 11.5 Å². The monoisotopic (exact) mass is 349 g/mol. The molecule has 6 heteroatoms. The first-order valence-corrected chi connectivity index (χ1v) is 8.71. The summed E-state index contributed by atoms with van der Waals surface area (Å²) in [5.41, 5.74) is 0.674. The summed E-state index contributed by atoms with van der Waals surface area (Å²) in [4.78, 5) is 15.1. The van der Waals surface area contributed by atoms with Crippen LogP contribution in [0.15, 0.2) is 18.2 Å². The normalized spacial score (nSPS) is 22.2. The highest BCUT2D eigenvalue weighted by Crippen LogP contribution is 2.45. The number of amides is 1. The first-order valence-electron chi connectivity index (χ1n) is 8.71. The van der Waals surface area contributed by atoms with Crippen LogP contribution in [0.5, 0.6) is 11.5 Å². The Morgan fingerprint density at radius 1 is 1.24 bits per heavy atom. The fourth-order valence-electron chi connectivity index (χ4n) is 4.11. The van der Waals surface area contributed by atoms with E-state index in [1.165, 1.54) is 0 Å². The van der Waals surface area contributed by atoms with Gasteiger partial charge in [0.25, 0.3) is 5.91 Å². The van der Waals surface area contributed by atoms with Crippen LogP contribution >= 0.6 is 0 Å². The molecular formula is C19H27NO5. The zero-order chi connectivity index (χ0) is 17.9. The van der Waals surface area contributed by atoms with Gasteiger partial charge in [0.05, 0.1) is 26.4 Å². The quantitative estimate of drug-likeness (QED) is 0.816. The summed E-state index contributed by atoms with van der Waals surface area (Å²) < 4.78 is 21.6. The van der Waals surface area contributed by atoms with Gasteiger partial charge in [-0.15, -0.1) is 0 Å². The minimum absolute atomic E-state index is 0.00368. The van der Waals surface area contributed by atoms with E-state index in [9.17, 15) is 4.79 Å². The van der Waals surface area contributed by atoms with Crippen LogP contribution in [-0.4, -0.2) is 65.0 Å². The highest BCUT2D eigenvalue weighted by atomic mass is 16.5. The maximum Gasteiger partial charge on any atom is 0.257 e. The fourth-order valence-corrected chi connectivity index (χ4v) is 4.11. The van der Waals surface area contributed by atoms with Gasteiger partial charge in [-0.3, -0.25) is 4.79 Å². The molecule has 0 radical (unpaired) electrons. The third-order valence-electron chi connectivity index (χ3n) is 5.60. The molecule has 6 nitrogen and oxygen atoms in total.